The largest absolute Gasteiger partial charge is 0.497 e. The molecule has 2 aromatic heterocycles. The second-order valence-electron chi connectivity index (χ2n) is 10.7. The number of pyridine rings is 1. The zero-order valence-electron chi connectivity index (χ0n) is 22.1. The first kappa shape index (κ1) is 23.8. The van der Waals surface area contributed by atoms with Crippen molar-refractivity contribution in [3.8, 4) is 11.8 Å². The summed E-state index contributed by atoms with van der Waals surface area (Å²) in [4.78, 5) is 10.1. The van der Waals surface area contributed by atoms with Crippen molar-refractivity contribution < 1.29 is 4.74 Å². The van der Waals surface area contributed by atoms with E-state index in [2.05, 4.69) is 77.0 Å². The Labute approximate surface area is 219 Å². The zero-order chi connectivity index (χ0) is 25.5. The Morgan fingerprint density at radius 1 is 0.973 bits per heavy atom. The number of benzene rings is 2. The maximum Gasteiger partial charge on any atom is 0.121 e. The molecule has 0 spiro atoms. The Bertz CT molecular complexity index is 1480. The van der Waals surface area contributed by atoms with Crippen LogP contribution in [-0.2, 0) is 7.05 Å². The smallest absolute Gasteiger partial charge is 0.121 e. The van der Waals surface area contributed by atoms with Gasteiger partial charge < -0.3 is 14.2 Å². The third kappa shape index (κ3) is 4.42. The Hall–Kier alpha value is -3.56. The predicted molar refractivity (Wildman–Crippen MR) is 149 cm³/mol. The summed E-state index contributed by atoms with van der Waals surface area (Å²) in [5.41, 5.74) is 6.70. The van der Waals surface area contributed by atoms with Crippen LogP contribution in [0.15, 0.2) is 48.7 Å². The molecule has 2 aromatic carbocycles. The first-order valence-electron chi connectivity index (χ1n) is 13.5. The number of nitrogens with zero attached hydrogens (tertiary/aromatic N) is 5. The molecule has 1 aliphatic heterocycles. The summed E-state index contributed by atoms with van der Waals surface area (Å²) < 4.78 is 7.82. The van der Waals surface area contributed by atoms with E-state index in [0.29, 0.717) is 12.0 Å². The van der Waals surface area contributed by atoms with Gasteiger partial charge in [-0.3, -0.25) is 9.88 Å². The molecule has 1 saturated carbocycles. The summed E-state index contributed by atoms with van der Waals surface area (Å²) >= 11 is 0. The first-order valence-corrected chi connectivity index (χ1v) is 13.5. The molecular weight excluding hydrogens is 458 g/mol. The lowest BCUT2D eigenvalue weighted by atomic mass is 9.81. The van der Waals surface area contributed by atoms with Crippen LogP contribution in [0.4, 0.5) is 5.69 Å². The van der Waals surface area contributed by atoms with Gasteiger partial charge in [-0.25, -0.2) is 0 Å². The van der Waals surface area contributed by atoms with Gasteiger partial charge in [-0.2, -0.15) is 5.26 Å². The number of hydrogen-bond acceptors (Lipinski definition) is 5. The number of aryl methyl sites for hydroxylation is 2. The second kappa shape index (κ2) is 9.72. The molecule has 0 unspecified atom stereocenters. The van der Waals surface area contributed by atoms with Crippen molar-refractivity contribution in [3.05, 3.63) is 65.5 Å². The molecule has 0 radical (unpaired) electrons. The number of anilines is 1. The van der Waals surface area contributed by atoms with Crippen molar-refractivity contribution >= 4 is 27.5 Å². The molecule has 190 valence electrons. The van der Waals surface area contributed by atoms with Gasteiger partial charge >= 0.3 is 0 Å². The van der Waals surface area contributed by atoms with E-state index >= 15 is 0 Å². The van der Waals surface area contributed by atoms with Gasteiger partial charge in [0.05, 0.1) is 29.9 Å². The zero-order valence-corrected chi connectivity index (χ0v) is 22.1. The Morgan fingerprint density at radius 2 is 1.76 bits per heavy atom. The number of nitriles is 1. The van der Waals surface area contributed by atoms with Crippen molar-refractivity contribution in [2.45, 2.75) is 44.6 Å². The van der Waals surface area contributed by atoms with E-state index in [-0.39, 0.29) is 0 Å². The van der Waals surface area contributed by atoms with E-state index in [1.807, 2.05) is 6.07 Å². The molecule has 6 heteroatoms. The van der Waals surface area contributed by atoms with Crippen LogP contribution in [0.2, 0.25) is 0 Å². The van der Waals surface area contributed by atoms with E-state index < -0.39 is 0 Å². The van der Waals surface area contributed by atoms with Crippen LogP contribution in [0.25, 0.3) is 21.8 Å². The number of ether oxygens (including phenoxy) is 1. The lowest BCUT2D eigenvalue weighted by molar-refractivity contribution is 0.141. The predicted octanol–water partition coefficient (Wildman–Crippen LogP) is 5.76. The SMILES string of the molecule is COc1cc(N2CCN(C3CCC(c4cn(C)c5ccc(C#N)cc45)CC3)CC2)c2nc(C)ccc2c1. The van der Waals surface area contributed by atoms with Crippen LogP contribution in [0.1, 0.15) is 48.4 Å². The maximum absolute atomic E-state index is 9.39. The average molecular weight is 494 g/mol. The maximum atomic E-state index is 9.39. The third-order valence-corrected chi connectivity index (χ3v) is 8.58. The van der Waals surface area contributed by atoms with Gasteiger partial charge in [0, 0.05) is 73.5 Å². The first-order chi connectivity index (χ1) is 18.0. The second-order valence-corrected chi connectivity index (χ2v) is 10.7. The third-order valence-electron chi connectivity index (χ3n) is 8.58. The molecule has 0 N–H and O–H groups in total. The average Bonchev–Trinajstić information content (AvgIpc) is 3.28. The summed E-state index contributed by atoms with van der Waals surface area (Å²) in [5, 5.41) is 11.8. The molecule has 0 amide bonds. The van der Waals surface area contributed by atoms with Crippen LogP contribution in [0.3, 0.4) is 0 Å². The summed E-state index contributed by atoms with van der Waals surface area (Å²) in [6.45, 7) is 6.25. The van der Waals surface area contributed by atoms with Crippen LogP contribution < -0.4 is 9.64 Å². The molecule has 37 heavy (non-hydrogen) atoms. The summed E-state index contributed by atoms with van der Waals surface area (Å²) in [5.74, 6) is 1.47. The van der Waals surface area contributed by atoms with E-state index in [0.717, 1.165) is 54.1 Å². The van der Waals surface area contributed by atoms with Gasteiger partial charge in [0.1, 0.15) is 5.75 Å². The van der Waals surface area contributed by atoms with Gasteiger partial charge in [-0.05, 0) is 74.4 Å². The number of fused-ring (bicyclic) bond motifs is 2. The topological polar surface area (TPSA) is 57.3 Å². The van der Waals surface area contributed by atoms with Crippen LogP contribution in [0, 0.1) is 18.3 Å². The molecular formula is C31H35N5O. The number of piperazine rings is 1. The minimum Gasteiger partial charge on any atom is -0.497 e. The molecule has 6 nitrogen and oxygen atoms in total. The molecule has 2 fully saturated rings. The molecule has 6 rings (SSSR count). The molecule has 1 saturated heterocycles. The Balaban J connectivity index is 1.13. The fourth-order valence-electron chi connectivity index (χ4n) is 6.54. The molecule has 0 atom stereocenters. The molecule has 1 aliphatic carbocycles. The van der Waals surface area contributed by atoms with Gasteiger partial charge in [0.15, 0.2) is 0 Å². The number of hydrogen-bond donors (Lipinski definition) is 0. The highest BCUT2D eigenvalue weighted by Gasteiger charge is 2.30. The van der Waals surface area contributed by atoms with Gasteiger partial charge in [0.2, 0.25) is 0 Å². The van der Waals surface area contributed by atoms with Crippen molar-refractivity contribution in [2.75, 3.05) is 38.2 Å². The van der Waals surface area contributed by atoms with E-state index in [4.69, 9.17) is 9.72 Å². The molecule has 2 aliphatic rings. The quantitative estimate of drug-likeness (QED) is 0.362. The van der Waals surface area contributed by atoms with Crippen molar-refractivity contribution in [2.24, 2.45) is 7.05 Å². The Kier molecular flexibility index (Phi) is 6.26. The van der Waals surface area contributed by atoms with Crippen LogP contribution in [0.5, 0.6) is 5.75 Å². The monoisotopic (exact) mass is 493 g/mol. The summed E-state index contributed by atoms with van der Waals surface area (Å²) in [6, 6.07) is 17.5. The van der Waals surface area contributed by atoms with Crippen LogP contribution in [-0.4, -0.2) is 53.8 Å². The Morgan fingerprint density at radius 3 is 2.49 bits per heavy atom. The fourth-order valence-corrected chi connectivity index (χ4v) is 6.54. The van der Waals surface area contributed by atoms with E-state index in [1.54, 1.807) is 7.11 Å². The lowest BCUT2D eigenvalue weighted by Gasteiger charge is -2.42. The van der Waals surface area contributed by atoms with Crippen molar-refractivity contribution in [1.29, 1.82) is 5.26 Å². The number of aromatic nitrogens is 2. The fraction of sp³-hybridized carbons (Fsp3) is 0.419. The molecule has 4 aromatic rings. The van der Waals surface area contributed by atoms with Crippen LogP contribution >= 0.6 is 0 Å². The highest BCUT2D eigenvalue weighted by molar-refractivity contribution is 5.92. The summed E-state index contributed by atoms with van der Waals surface area (Å²) in [7, 11) is 3.85. The number of rotatable bonds is 4. The lowest BCUT2D eigenvalue weighted by Crippen LogP contribution is -2.51. The van der Waals surface area contributed by atoms with Gasteiger partial charge in [-0.1, -0.05) is 6.07 Å². The van der Waals surface area contributed by atoms with E-state index in [9.17, 15) is 5.26 Å². The standard InChI is InChI=1S/C31H35N5O/c1-21-4-6-24-17-26(37-3)18-30(31(24)33-21)36-14-12-35(13-15-36)25-9-7-23(8-10-25)28-20-34(2)29-11-5-22(19-32)16-27(28)29/h4-6,11,16-18,20,23,25H,7-10,12-15H2,1-3H3. The van der Waals surface area contributed by atoms with E-state index in [1.165, 1.54) is 47.8 Å². The molecule has 3 heterocycles. The van der Waals surface area contributed by atoms with Crippen molar-refractivity contribution in [3.63, 3.8) is 0 Å². The summed E-state index contributed by atoms with van der Waals surface area (Å²) in [6.07, 6.45) is 7.20. The van der Waals surface area contributed by atoms with Gasteiger partial charge in [-0.15, -0.1) is 0 Å². The number of methoxy groups -OCH3 is 1. The van der Waals surface area contributed by atoms with Gasteiger partial charge in [0.25, 0.3) is 0 Å². The highest BCUT2D eigenvalue weighted by Crippen LogP contribution is 2.39. The molecule has 0 bridgehead atoms. The minimum atomic E-state index is 0.577. The highest BCUT2D eigenvalue weighted by atomic mass is 16.5. The normalized spacial score (nSPS) is 20.9. The minimum absolute atomic E-state index is 0.577. The van der Waals surface area contributed by atoms with Crippen molar-refractivity contribution in [1.82, 2.24) is 14.5 Å².